The van der Waals surface area contributed by atoms with Crippen LogP contribution in [0.15, 0.2) is 30.5 Å². The van der Waals surface area contributed by atoms with Crippen molar-refractivity contribution in [2.75, 3.05) is 12.4 Å². The molecule has 25 heavy (non-hydrogen) atoms. The summed E-state index contributed by atoms with van der Waals surface area (Å²) in [4.78, 5) is 18.1. The third-order valence-corrected chi connectivity index (χ3v) is 5.40. The zero-order valence-electron chi connectivity index (χ0n) is 14.1. The Labute approximate surface area is 149 Å². The van der Waals surface area contributed by atoms with E-state index in [4.69, 9.17) is 4.74 Å². The average molecular weight is 354 g/mol. The number of methoxy groups -OCH3 is 1. The van der Waals surface area contributed by atoms with Gasteiger partial charge in [-0.3, -0.25) is 9.48 Å². The van der Waals surface area contributed by atoms with E-state index in [2.05, 4.69) is 15.4 Å². The van der Waals surface area contributed by atoms with Gasteiger partial charge >= 0.3 is 0 Å². The summed E-state index contributed by atoms with van der Waals surface area (Å²) < 4.78 is 7.03. The topological polar surface area (TPSA) is 69.0 Å². The van der Waals surface area contributed by atoms with Gasteiger partial charge < -0.3 is 10.1 Å². The van der Waals surface area contributed by atoms with Gasteiger partial charge in [-0.1, -0.05) is 12.1 Å². The molecule has 128 valence electrons. The molecule has 4 rings (SSSR count). The van der Waals surface area contributed by atoms with Crippen molar-refractivity contribution in [2.24, 2.45) is 7.05 Å². The molecule has 2 aromatic heterocycles. The summed E-state index contributed by atoms with van der Waals surface area (Å²) in [5.41, 5.74) is 4.18. The van der Waals surface area contributed by atoms with Crippen molar-refractivity contribution in [3.63, 3.8) is 0 Å². The van der Waals surface area contributed by atoms with Crippen LogP contribution >= 0.6 is 11.3 Å². The first-order valence-corrected chi connectivity index (χ1v) is 8.89. The number of benzene rings is 1. The number of aryl methyl sites for hydroxylation is 2. The van der Waals surface area contributed by atoms with Crippen LogP contribution in [0.25, 0.3) is 11.3 Å². The fourth-order valence-electron chi connectivity index (χ4n) is 3.07. The summed E-state index contributed by atoms with van der Waals surface area (Å²) in [5, 5.41) is 7.90. The number of thiazole rings is 1. The van der Waals surface area contributed by atoms with E-state index >= 15 is 0 Å². The highest BCUT2D eigenvalue weighted by atomic mass is 32.1. The molecule has 1 amide bonds. The van der Waals surface area contributed by atoms with E-state index in [1.165, 1.54) is 10.6 Å². The van der Waals surface area contributed by atoms with Gasteiger partial charge in [0.1, 0.15) is 5.75 Å². The molecule has 1 aromatic carbocycles. The zero-order valence-corrected chi connectivity index (χ0v) is 14.9. The third kappa shape index (κ3) is 3.02. The number of ether oxygens (including phenoxy) is 1. The largest absolute Gasteiger partial charge is 0.497 e. The summed E-state index contributed by atoms with van der Waals surface area (Å²) in [6.07, 6.45) is 4.07. The molecule has 1 aliphatic carbocycles. The Kier molecular flexibility index (Phi) is 4.01. The van der Waals surface area contributed by atoms with Gasteiger partial charge in [0.15, 0.2) is 5.13 Å². The molecule has 0 saturated carbocycles. The molecule has 2 heterocycles. The summed E-state index contributed by atoms with van der Waals surface area (Å²) in [7, 11) is 3.58. The quantitative estimate of drug-likeness (QED) is 0.782. The lowest BCUT2D eigenvalue weighted by atomic mass is 10.0. The van der Waals surface area contributed by atoms with Gasteiger partial charge in [0, 0.05) is 23.2 Å². The molecule has 0 spiro atoms. The molecule has 0 unspecified atom stereocenters. The van der Waals surface area contributed by atoms with E-state index in [-0.39, 0.29) is 5.91 Å². The lowest BCUT2D eigenvalue weighted by Gasteiger charge is -2.10. The molecule has 0 aliphatic heterocycles. The van der Waals surface area contributed by atoms with Gasteiger partial charge in [-0.05, 0) is 30.5 Å². The molecule has 6 nitrogen and oxygen atoms in total. The third-order valence-electron chi connectivity index (χ3n) is 4.37. The van der Waals surface area contributed by atoms with Crippen LogP contribution in [-0.2, 0) is 31.1 Å². The molecule has 0 radical (unpaired) electrons. The molecule has 7 heteroatoms. The number of aromatic nitrogens is 3. The van der Waals surface area contributed by atoms with Crippen LogP contribution in [0.4, 0.5) is 5.13 Å². The number of rotatable bonds is 4. The number of nitrogens with zero attached hydrogens (tertiary/aromatic N) is 3. The predicted molar refractivity (Wildman–Crippen MR) is 97.1 cm³/mol. The van der Waals surface area contributed by atoms with Crippen molar-refractivity contribution < 1.29 is 9.53 Å². The van der Waals surface area contributed by atoms with Crippen molar-refractivity contribution in [2.45, 2.75) is 19.3 Å². The highest BCUT2D eigenvalue weighted by molar-refractivity contribution is 7.16. The summed E-state index contributed by atoms with van der Waals surface area (Å²) >= 11 is 1.55. The van der Waals surface area contributed by atoms with Crippen molar-refractivity contribution in [3.8, 4) is 17.0 Å². The van der Waals surface area contributed by atoms with Crippen LogP contribution in [0.5, 0.6) is 5.75 Å². The summed E-state index contributed by atoms with van der Waals surface area (Å²) in [6, 6.07) is 7.50. The second kappa shape index (κ2) is 6.33. The van der Waals surface area contributed by atoms with Crippen molar-refractivity contribution >= 4 is 22.4 Å². The number of anilines is 1. The lowest BCUT2D eigenvalue weighted by Crippen LogP contribution is -2.14. The second-order valence-electron chi connectivity index (χ2n) is 5.99. The molecule has 0 bridgehead atoms. The maximum absolute atomic E-state index is 12.3. The van der Waals surface area contributed by atoms with Gasteiger partial charge in [0.05, 0.1) is 25.4 Å². The standard InChI is InChI=1S/C18H18N4O2S/c1-22-14-7-8-15-17(13(14)10-19-22)21-18(25-15)20-16(23)9-11-3-5-12(24-2)6-4-11/h3-6,10H,7-9H2,1-2H3,(H,20,21,23). The van der Waals surface area contributed by atoms with Crippen molar-refractivity contribution in [1.29, 1.82) is 0 Å². The first kappa shape index (κ1) is 15.8. The van der Waals surface area contributed by atoms with Crippen LogP contribution in [0.3, 0.4) is 0 Å². The molecular weight excluding hydrogens is 336 g/mol. The number of nitrogens with one attached hydrogen (secondary N) is 1. The predicted octanol–water partition coefficient (Wildman–Crippen LogP) is 2.83. The summed E-state index contributed by atoms with van der Waals surface area (Å²) in [5.74, 6) is 0.715. The normalized spacial score (nSPS) is 12.4. The maximum atomic E-state index is 12.3. The minimum absolute atomic E-state index is 0.0670. The number of hydrogen-bond acceptors (Lipinski definition) is 5. The van der Waals surface area contributed by atoms with E-state index in [1.54, 1.807) is 18.4 Å². The molecule has 0 atom stereocenters. The fourth-order valence-corrected chi connectivity index (χ4v) is 4.06. The maximum Gasteiger partial charge on any atom is 0.230 e. The van der Waals surface area contributed by atoms with Crippen LogP contribution in [0.1, 0.15) is 16.1 Å². The first-order chi connectivity index (χ1) is 12.1. The van der Waals surface area contributed by atoms with Gasteiger partial charge in [-0.2, -0.15) is 5.10 Å². The molecular formula is C18H18N4O2S. The van der Waals surface area contributed by atoms with Gasteiger partial charge in [0.25, 0.3) is 0 Å². The number of fused-ring (bicyclic) bond motifs is 3. The van der Waals surface area contributed by atoms with Gasteiger partial charge in [-0.15, -0.1) is 11.3 Å². The van der Waals surface area contributed by atoms with E-state index in [1.807, 2.05) is 42.2 Å². The van der Waals surface area contributed by atoms with E-state index in [0.29, 0.717) is 11.6 Å². The van der Waals surface area contributed by atoms with Gasteiger partial charge in [0.2, 0.25) is 5.91 Å². The Morgan fingerprint density at radius 3 is 2.88 bits per heavy atom. The van der Waals surface area contributed by atoms with E-state index < -0.39 is 0 Å². The number of amides is 1. The monoisotopic (exact) mass is 354 g/mol. The number of carbonyl (C=O) groups excluding carboxylic acids is 1. The smallest absolute Gasteiger partial charge is 0.230 e. The molecule has 1 N–H and O–H groups in total. The van der Waals surface area contributed by atoms with E-state index in [0.717, 1.165) is 35.4 Å². The Hall–Kier alpha value is -2.67. The van der Waals surface area contributed by atoms with Crippen LogP contribution in [-0.4, -0.2) is 27.8 Å². The Bertz CT molecular complexity index is 927. The zero-order chi connectivity index (χ0) is 17.4. The van der Waals surface area contributed by atoms with Crippen LogP contribution in [0, 0.1) is 0 Å². The summed E-state index contributed by atoms with van der Waals surface area (Å²) in [6.45, 7) is 0. The molecule has 3 aromatic rings. The SMILES string of the molecule is COc1ccc(CC(=O)Nc2nc3c(s2)CCc2c-3cnn2C)cc1. The Balaban J connectivity index is 1.48. The number of hydrogen-bond donors (Lipinski definition) is 1. The minimum atomic E-state index is -0.0670. The fraction of sp³-hybridized carbons (Fsp3) is 0.278. The Morgan fingerprint density at radius 1 is 1.32 bits per heavy atom. The van der Waals surface area contributed by atoms with Crippen LogP contribution in [0.2, 0.25) is 0 Å². The molecule has 0 saturated heterocycles. The van der Waals surface area contributed by atoms with Crippen molar-refractivity contribution in [1.82, 2.24) is 14.8 Å². The molecule has 0 fully saturated rings. The number of carbonyl (C=O) groups is 1. The van der Waals surface area contributed by atoms with E-state index in [9.17, 15) is 4.79 Å². The van der Waals surface area contributed by atoms with Gasteiger partial charge in [-0.25, -0.2) is 4.98 Å². The lowest BCUT2D eigenvalue weighted by molar-refractivity contribution is -0.115. The van der Waals surface area contributed by atoms with Crippen molar-refractivity contribution in [3.05, 3.63) is 46.6 Å². The molecule has 1 aliphatic rings. The first-order valence-electron chi connectivity index (χ1n) is 8.08. The average Bonchev–Trinajstić information content (AvgIpc) is 3.18. The Morgan fingerprint density at radius 2 is 2.12 bits per heavy atom. The highest BCUT2D eigenvalue weighted by Gasteiger charge is 2.24. The van der Waals surface area contributed by atoms with Crippen LogP contribution < -0.4 is 10.1 Å². The highest BCUT2D eigenvalue weighted by Crippen LogP contribution is 2.37. The minimum Gasteiger partial charge on any atom is -0.497 e. The second-order valence-corrected chi connectivity index (χ2v) is 7.08.